The van der Waals surface area contributed by atoms with Crippen LogP contribution in [0.4, 0.5) is 0 Å². The van der Waals surface area contributed by atoms with Gasteiger partial charge in [0.15, 0.2) is 5.90 Å². The van der Waals surface area contributed by atoms with Crippen LogP contribution in [0, 0.1) is 6.92 Å². The van der Waals surface area contributed by atoms with Gasteiger partial charge >= 0.3 is 0 Å². The largest absolute Gasteiger partial charge is 0.477 e. The van der Waals surface area contributed by atoms with Crippen molar-refractivity contribution in [2.75, 3.05) is 0 Å². The van der Waals surface area contributed by atoms with Crippen LogP contribution in [0.3, 0.4) is 0 Å². The molecular weight excluding hydrogens is 270 g/mol. The van der Waals surface area contributed by atoms with E-state index >= 15 is 0 Å². The molecule has 0 N–H and O–H groups in total. The van der Waals surface area contributed by atoms with Crippen molar-refractivity contribution in [1.82, 2.24) is 0 Å². The second-order valence-electron chi connectivity index (χ2n) is 6.15. The number of benzene rings is 1. The molecule has 0 aliphatic carbocycles. The predicted molar refractivity (Wildman–Crippen MR) is 83.7 cm³/mol. The van der Waals surface area contributed by atoms with E-state index in [9.17, 15) is 4.21 Å². The minimum atomic E-state index is -1.14. The minimum Gasteiger partial charge on any atom is -0.477 e. The van der Waals surface area contributed by atoms with Gasteiger partial charge in [-0.25, -0.2) is 4.99 Å². The topological polar surface area (TPSA) is 38.7 Å². The molecule has 1 heterocycles. The smallest absolute Gasteiger partial charge is 0.200 e. The molecule has 3 unspecified atom stereocenters. The zero-order chi connectivity index (χ0) is 14.9. The van der Waals surface area contributed by atoms with Crippen molar-refractivity contribution in [3.05, 3.63) is 29.8 Å². The molecule has 0 spiro atoms. The van der Waals surface area contributed by atoms with Crippen molar-refractivity contribution < 1.29 is 8.95 Å². The summed E-state index contributed by atoms with van der Waals surface area (Å²) in [6.07, 6.45) is 1.01. The monoisotopic (exact) mass is 293 g/mol. The molecule has 1 aromatic rings. The highest BCUT2D eigenvalue weighted by Crippen LogP contribution is 2.26. The van der Waals surface area contributed by atoms with E-state index in [0.29, 0.717) is 5.90 Å². The van der Waals surface area contributed by atoms with E-state index in [1.165, 1.54) is 5.56 Å². The van der Waals surface area contributed by atoms with E-state index < -0.39 is 10.8 Å². The van der Waals surface area contributed by atoms with Crippen LogP contribution in [0.5, 0.6) is 0 Å². The number of aryl methyl sites for hydroxylation is 1. The Morgan fingerprint density at radius 3 is 2.50 bits per heavy atom. The Morgan fingerprint density at radius 1 is 1.35 bits per heavy atom. The molecule has 1 aromatic carbocycles. The van der Waals surface area contributed by atoms with E-state index in [0.717, 1.165) is 11.3 Å². The van der Waals surface area contributed by atoms with Crippen molar-refractivity contribution in [2.24, 2.45) is 4.99 Å². The van der Waals surface area contributed by atoms with Gasteiger partial charge in [-0.3, -0.25) is 4.21 Å². The summed E-state index contributed by atoms with van der Waals surface area (Å²) in [5, 5.41) is -0.222. The fourth-order valence-corrected chi connectivity index (χ4v) is 3.58. The molecule has 0 radical (unpaired) electrons. The van der Waals surface area contributed by atoms with Gasteiger partial charge in [0.2, 0.25) is 0 Å². The molecule has 0 saturated heterocycles. The fourth-order valence-electron chi connectivity index (χ4n) is 2.48. The molecule has 0 aromatic heterocycles. The molecule has 1 aliphatic heterocycles. The number of hydrogen-bond donors (Lipinski definition) is 0. The van der Waals surface area contributed by atoms with Crippen molar-refractivity contribution in [3.8, 4) is 0 Å². The number of rotatable bonds is 3. The number of ether oxygens (including phenoxy) is 1. The predicted octanol–water partition coefficient (Wildman–Crippen LogP) is 3.48. The molecule has 4 heteroatoms. The standard InChI is InChI=1S/C16H23NO2S/c1-11-6-8-14(9-7-11)20(18)13(3)15-17-16(4,5)10-12(2)19-15/h6-9,12-13H,10H2,1-5H3. The lowest BCUT2D eigenvalue weighted by atomic mass is 9.97. The van der Waals surface area contributed by atoms with Crippen LogP contribution in [0.25, 0.3) is 0 Å². The SMILES string of the molecule is Cc1ccc(S(=O)C(C)C2=NC(C)(C)CC(C)O2)cc1. The summed E-state index contributed by atoms with van der Waals surface area (Å²) in [6.45, 7) is 10.2. The molecule has 2 rings (SSSR count). The van der Waals surface area contributed by atoms with Crippen LogP contribution in [0.2, 0.25) is 0 Å². The number of hydrogen-bond acceptors (Lipinski definition) is 3. The van der Waals surface area contributed by atoms with Gasteiger partial charge < -0.3 is 4.74 Å². The highest BCUT2D eigenvalue weighted by molar-refractivity contribution is 7.86. The van der Waals surface area contributed by atoms with Gasteiger partial charge in [-0.15, -0.1) is 0 Å². The normalized spacial score (nSPS) is 24.4. The lowest BCUT2D eigenvalue weighted by Crippen LogP contribution is -2.39. The van der Waals surface area contributed by atoms with Crippen molar-refractivity contribution >= 4 is 16.7 Å². The molecule has 110 valence electrons. The van der Waals surface area contributed by atoms with Crippen molar-refractivity contribution in [1.29, 1.82) is 0 Å². The van der Waals surface area contributed by atoms with Gasteiger partial charge in [0.05, 0.1) is 22.4 Å². The maximum atomic E-state index is 12.6. The Bertz CT molecular complexity index is 534. The first kappa shape index (κ1) is 15.2. The fraction of sp³-hybridized carbons (Fsp3) is 0.562. The molecule has 0 amide bonds. The van der Waals surface area contributed by atoms with E-state index in [1.807, 2.05) is 45.0 Å². The lowest BCUT2D eigenvalue weighted by Gasteiger charge is -2.33. The Labute approximate surface area is 123 Å². The zero-order valence-electron chi connectivity index (χ0n) is 12.8. The maximum Gasteiger partial charge on any atom is 0.200 e. The third kappa shape index (κ3) is 3.48. The third-order valence-corrected chi connectivity index (χ3v) is 5.02. The molecule has 3 atom stereocenters. The van der Waals surface area contributed by atoms with E-state index in [4.69, 9.17) is 4.74 Å². The van der Waals surface area contributed by atoms with Crippen LogP contribution in [0.1, 0.15) is 39.7 Å². The maximum absolute atomic E-state index is 12.6. The first-order valence-corrected chi connectivity index (χ1v) is 8.23. The van der Waals surface area contributed by atoms with Crippen LogP contribution in [-0.2, 0) is 15.5 Å². The first-order chi connectivity index (χ1) is 9.28. The minimum absolute atomic E-state index is 0.120. The molecule has 20 heavy (non-hydrogen) atoms. The number of aliphatic imine (C=N–C) groups is 1. The summed E-state index contributed by atoms with van der Waals surface area (Å²) < 4.78 is 18.4. The van der Waals surface area contributed by atoms with Crippen molar-refractivity contribution in [2.45, 2.75) is 62.8 Å². The molecule has 3 nitrogen and oxygen atoms in total. The zero-order valence-corrected chi connectivity index (χ0v) is 13.7. The Kier molecular flexibility index (Phi) is 4.33. The average Bonchev–Trinajstić information content (AvgIpc) is 2.35. The van der Waals surface area contributed by atoms with Gasteiger partial charge in [-0.2, -0.15) is 0 Å². The molecule has 0 saturated carbocycles. The molecular formula is C16H23NO2S. The quantitative estimate of drug-likeness (QED) is 0.856. The molecule has 0 bridgehead atoms. The van der Waals surface area contributed by atoms with Crippen LogP contribution in [0.15, 0.2) is 34.2 Å². The van der Waals surface area contributed by atoms with Gasteiger partial charge in [0, 0.05) is 11.3 Å². The van der Waals surface area contributed by atoms with Gasteiger partial charge in [-0.05, 0) is 46.8 Å². The Balaban J connectivity index is 2.22. The summed E-state index contributed by atoms with van der Waals surface area (Å²) >= 11 is 0. The second kappa shape index (κ2) is 5.68. The summed E-state index contributed by atoms with van der Waals surface area (Å²) in [6, 6.07) is 7.80. The Hall–Kier alpha value is -1.16. The summed E-state index contributed by atoms with van der Waals surface area (Å²) in [5.41, 5.74) is 1.03. The molecule has 0 fully saturated rings. The second-order valence-corrected chi connectivity index (χ2v) is 7.92. The lowest BCUT2D eigenvalue weighted by molar-refractivity contribution is 0.141. The molecule has 1 aliphatic rings. The summed E-state index contributed by atoms with van der Waals surface area (Å²) in [7, 11) is -1.14. The highest BCUT2D eigenvalue weighted by atomic mass is 32.2. The van der Waals surface area contributed by atoms with Gasteiger partial charge in [0.25, 0.3) is 0 Å². The van der Waals surface area contributed by atoms with Gasteiger partial charge in [0.1, 0.15) is 5.25 Å². The van der Waals surface area contributed by atoms with Crippen molar-refractivity contribution in [3.63, 3.8) is 0 Å². The first-order valence-electron chi connectivity index (χ1n) is 7.02. The van der Waals surface area contributed by atoms with Crippen LogP contribution in [-0.4, -0.2) is 27.0 Å². The summed E-state index contributed by atoms with van der Waals surface area (Å²) in [4.78, 5) is 5.45. The highest BCUT2D eigenvalue weighted by Gasteiger charge is 2.32. The Morgan fingerprint density at radius 2 is 1.95 bits per heavy atom. The van der Waals surface area contributed by atoms with Crippen LogP contribution >= 0.6 is 0 Å². The summed E-state index contributed by atoms with van der Waals surface area (Å²) in [5.74, 6) is 0.618. The van der Waals surface area contributed by atoms with E-state index in [-0.39, 0.29) is 16.9 Å². The average molecular weight is 293 g/mol. The van der Waals surface area contributed by atoms with Gasteiger partial charge in [-0.1, -0.05) is 17.7 Å². The van der Waals surface area contributed by atoms with E-state index in [1.54, 1.807) is 0 Å². The van der Waals surface area contributed by atoms with Crippen LogP contribution < -0.4 is 0 Å². The third-order valence-electron chi connectivity index (χ3n) is 3.44. The number of nitrogens with zero attached hydrogens (tertiary/aromatic N) is 1. The van der Waals surface area contributed by atoms with E-state index in [2.05, 4.69) is 18.8 Å².